The molecule has 0 N–H and O–H groups in total. The van der Waals surface area contributed by atoms with E-state index < -0.39 is 0 Å². The third kappa shape index (κ3) is 76.5. The first kappa shape index (κ1) is 141. The zero-order valence-electron chi connectivity index (χ0n) is 90.9. The van der Waals surface area contributed by atoms with Gasteiger partial charge in [-0.05, 0) is 133 Å². The molecule has 2 atom stereocenters. The molecule has 0 aliphatic carbocycles. The Bertz CT molecular complexity index is 2750. The third-order valence-corrected chi connectivity index (χ3v) is 32.4. The topological polar surface area (TPSA) is 137 Å². The van der Waals surface area contributed by atoms with Crippen LogP contribution in [0.4, 0.5) is 0 Å². The van der Waals surface area contributed by atoms with Gasteiger partial charge in [0.15, 0.2) is 30.7 Å². The van der Waals surface area contributed by atoms with Crippen LogP contribution in [0.3, 0.4) is 0 Å². The van der Waals surface area contributed by atoms with E-state index in [0.717, 1.165) is 156 Å². The fourth-order valence-corrected chi connectivity index (χ4v) is 21.9. The van der Waals surface area contributed by atoms with Gasteiger partial charge in [0, 0.05) is 33.5 Å². The van der Waals surface area contributed by atoms with Crippen LogP contribution in [0.15, 0.2) is 25.3 Å². The molecule has 0 saturated carbocycles. The van der Waals surface area contributed by atoms with Crippen LogP contribution in [0.25, 0.3) is 0 Å². The molecule has 0 aromatic heterocycles. The van der Waals surface area contributed by atoms with Crippen LogP contribution in [0.1, 0.15) is 300 Å². The van der Waals surface area contributed by atoms with Gasteiger partial charge < -0.3 is 35.9 Å². The lowest BCUT2D eigenvalue weighted by atomic mass is 9.99. The van der Waals surface area contributed by atoms with E-state index in [0.29, 0.717) is 30.7 Å². The van der Waals surface area contributed by atoms with Crippen LogP contribution in [0, 0.1) is 33.5 Å². The molecular formula is C102H216N8O8S8+8. The number of nitrogens with zero attached hydrogens (tertiary/aromatic N) is 8. The number of quaternary nitrogens is 8. The predicted molar refractivity (Wildman–Crippen MR) is 580 cm³/mol. The molecule has 126 heavy (non-hydrogen) atoms. The van der Waals surface area contributed by atoms with Gasteiger partial charge in [-0.2, -0.15) is 0 Å². The van der Waals surface area contributed by atoms with Crippen LogP contribution in [-0.2, 0) is 38.4 Å². The summed E-state index contributed by atoms with van der Waals surface area (Å²) < 4.78 is 8.81. The van der Waals surface area contributed by atoms with Gasteiger partial charge >= 0.3 is 0 Å². The van der Waals surface area contributed by atoms with Crippen molar-refractivity contribution in [1.82, 2.24) is 0 Å². The second-order valence-electron chi connectivity index (χ2n) is 41.0. The lowest BCUT2D eigenvalue weighted by Gasteiger charge is -2.38. The first-order valence-corrected chi connectivity index (χ1v) is 57.4. The van der Waals surface area contributed by atoms with Crippen molar-refractivity contribution in [3.8, 4) is 0 Å². The Morgan fingerprint density at radius 3 is 0.563 bits per heavy atom. The van der Waals surface area contributed by atoms with E-state index >= 15 is 0 Å². The van der Waals surface area contributed by atoms with Crippen LogP contribution in [0.2, 0.25) is 0 Å². The van der Waals surface area contributed by atoms with Crippen molar-refractivity contribution >= 4 is 135 Å². The largest absolute Gasteiger partial charge is 0.330 e. The fourth-order valence-electron chi connectivity index (χ4n) is 13.5. The van der Waals surface area contributed by atoms with Crippen LogP contribution in [-0.4, -0.2) is 335 Å². The summed E-state index contributed by atoms with van der Waals surface area (Å²) in [6.45, 7) is 110. The van der Waals surface area contributed by atoms with Gasteiger partial charge in [-0.1, -0.05) is 286 Å². The quantitative estimate of drug-likeness (QED) is 0.0421. The molecule has 0 radical (unpaired) electrons. The molecule has 2 unspecified atom stereocenters. The van der Waals surface area contributed by atoms with Crippen molar-refractivity contribution < 1.29 is 74.2 Å². The van der Waals surface area contributed by atoms with Crippen molar-refractivity contribution in [2.75, 3.05) is 258 Å². The number of carbonyl (C=O) groups excluding carboxylic acids is 8. The van der Waals surface area contributed by atoms with E-state index in [1.54, 1.807) is 0 Å². The summed E-state index contributed by atoms with van der Waals surface area (Å²) in [5, 5.41) is 2.10. The maximum absolute atomic E-state index is 12.0. The van der Waals surface area contributed by atoms with Gasteiger partial charge in [-0.3, -0.25) is 38.4 Å². The molecule has 752 valence electrons. The molecule has 24 heteroatoms. The Labute approximate surface area is 819 Å². The van der Waals surface area contributed by atoms with Crippen LogP contribution < -0.4 is 0 Å². The minimum Gasteiger partial charge on any atom is -0.330 e. The smallest absolute Gasteiger partial charge is 0.211 e. The van der Waals surface area contributed by atoms with Gasteiger partial charge in [-0.25, -0.2) is 0 Å². The number of hydrogen-bond acceptors (Lipinski definition) is 16. The summed E-state index contributed by atoms with van der Waals surface area (Å²) in [5.41, 5.74) is -0.816. The Kier molecular flexibility index (Phi) is 87.5. The minimum absolute atomic E-state index is 0.0680. The molecular weight excluding hydrogens is 1720 g/mol. The highest BCUT2D eigenvalue weighted by molar-refractivity contribution is 8.15. The van der Waals surface area contributed by atoms with E-state index in [-0.39, 0.29) is 43.7 Å². The predicted octanol–water partition coefficient (Wildman–Crippen LogP) is 24.4. The maximum atomic E-state index is 12.0. The summed E-state index contributed by atoms with van der Waals surface area (Å²) in [6, 6.07) is 0. The zero-order valence-corrected chi connectivity index (χ0v) is 97.5. The molecule has 0 spiro atoms. The standard InChI is InChI=1S/C16H34NOS.2C15H32NOS.C14H30NOS.C13H28NOS.C11H22NOS.C10H22NOS.C8H16NOS/c1-7-10-12-17(9-3,11-8-2)13-14-19-15(18)16(4,5)6;1-7-10-16(9-3,11-8-2)12-13-18-14(17)15(4,5)6;1-6-9-11-16(8-3,10-7-2)12-13-18-15(17)14(4)5;1-6-9-15(8-3,10-7-2)11-12-17-14(16)13(4)5;1-7-14(8-2,9-3)10-11-16-12(15)13(4,5)6;1-5-11(13)14-10-9-12(6-2,7-3)8-4;1-10(2,3)9(12)13-8-7-11(4,5)6;1-5-8(10)11-7-6-9(2,3)4/h7-14H2,1-6H3;7-13H2,1-6H3;14H,6-13H2,1-5H3;13H,6-12H2,1-5H3;7-11H2,1-6H3;5H,1,6-10H2,2-4H3;7-8H2,1-6H3;5H,1,6-7H2,2-4H3/q8*+1. The average molecular weight is 1940 g/mol. The molecule has 16 nitrogen and oxygen atoms in total. The van der Waals surface area contributed by atoms with Crippen molar-refractivity contribution in [1.29, 1.82) is 0 Å². The van der Waals surface area contributed by atoms with Crippen LogP contribution >= 0.6 is 94.1 Å². The molecule has 0 amide bonds. The summed E-state index contributed by atoms with van der Waals surface area (Å²) in [6.07, 6.45) is 15.3. The molecule has 0 bridgehead atoms. The highest BCUT2D eigenvalue weighted by Crippen LogP contribution is 2.29. The Morgan fingerprint density at radius 2 is 0.405 bits per heavy atom. The minimum atomic E-state index is -0.208. The summed E-state index contributed by atoms with van der Waals surface area (Å²) in [7, 11) is 12.8. The lowest BCUT2D eigenvalue weighted by molar-refractivity contribution is -0.924. The van der Waals surface area contributed by atoms with Crippen molar-refractivity contribution in [2.45, 2.75) is 300 Å². The Hall–Kier alpha value is -0.680. The van der Waals surface area contributed by atoms with Gasteiger partial charge in [0.2, 0.25) is 10.2 Å². The number of unbranched alkanes of at least 4 members (excludes halogenated alkanes) is 2. The number of hydrogen-bond donors (Lipinski definition) is 0. The SMILES string of the molecule is C=CC(=O)SCC[N+](C)(C)C.C=CC(=O)SCC[N+](CC)(CC)CC.CC(C)(C)C(=O)SCC[N+](C)(C)C.CCCC[N+](CC)(CCC)CCSC(=O)C(C)(C)C.CCCC[N+](CC)(CCC)CCSC(=O)C(C)C.CCC[N+](CC)(CCC)CCSC(=O)C(C)(C)C.CCC[N+](CC)(CCC)CCSC(=O)C(C)C.CC[N+](CC)(CC)CCSC(=O)C(C)(C)C. The molecule has 0 rings (SSSR count). The molecule has 0 aromatic rings. The molecule has 0 heterocycles. The fraction of sp³-hybridized carbons (Fsp3) is 0.882. The second kappa shape index (κ2) is 78.4. The van der Waals surface area contributed by atoms with Crippen molar-refractivity contribution in [3.05, 3.63) is 25.3 Å². The summed E-state index contributed by atoms with van der Waals surface area (Å²) in [5.74, 6) is 7.86. The van der Waals surface area contributed by atoms with E-state index in [2.05, 4.69) is 180 Å². The molecule has 0 aliphatic heterocycles. The highest BCUT2D eigenvalue weighted by Gasteiger charge is 2.32. The molecule has 0 aliphatic rings. The van der Waals surface area contributed by atoms with E-state index in [9.17, 15) is 38.4 Å². The maximum Gasteiger partial charge on any atom is 0.211 e. The zero-order chi connectivity index (χ0) is 100.0. The number of thioether (sulfide) groups is 8. The monoisotopic (exact) mass is 1940 g/mol. The normalized spacial score (nSPS) is 13.1. The first-order valence-electron chi connectivity index (χ1n) is 49.5. The van der Waals surface area contributed by atoms with Gasteiger partial charge in [0.05, 0.1) is 258 Å². The van der Waals surface area contributed by atoms with E-state index in [4.69, 9.17) is 0 Å². The van der Waals surface area contributed by atoms with Crippen molar-refractivity contribution in [2.24, 2.45) is 33.5 Å². The summed E-state index contributed by atoms with van der Waals surface area (Å²) in [4.78, 5) is 92.1. The average Bonchev–Trinajstić information content (AvgIpc) is 0.885. The Balaban J connectivity index is -0.000000211. The van der Waals surface area contributed by atoms with Crippen molar-refractivity contribution in [3.63, 3.8) is 0 Å². The highest BCUT2D eigenvalue weighted by atomic mass is 32.2. The first-order chi connectivity index (χ1) is 58.2. The lowest BCUT2D eigenvalue weighted by Crippen LogP contribution is -2.50. The second-order valence-corrected chi connectivity index (χ2v) is 49.7. The van der Waals surface area contributed by atoms with Gasteiger partial charge in [0.25, 0.3) is 0 Å². The Morgan fingerprint density at radius 1 is 0.238 bits per heavy atom. The van der Waals surface area contributed by atoms with Crippen LogP contribution in [0.5, 0.6) is 0 Å². The number of rotatable bonds is 56. The van der Waals surface area contributed by atoms with E-state index in [1.807, 2.05) is 111 Å². The van der Waals surface area contributed by atoms with Gasteiger partial charge in [0.1, 0.15) is 0 Å². The number of carbonyl (C=O) groups is 8. The molecule has 0 aromatic carbocycles. The van der Waals surface area contributed by atoms with Gasteiger partial charge in [-0.15, -0.1) is 0 Å². The third-order valence-electron chi connectivity index (χ3n) is 23.4. The summed E-state index contributed by atoms with van der Waals surface area (Å²) >= 11 is 11.8. The molecule has 0 fully saturated rings. The van der Waals surface area contributed by atoms with E-state index in [1.165, 1.54) is 267 Å². The molecule has 0 saturated heterocycles.